The number of ether oxygens (including phenoxy) is 4. The summed E-state index contributed by atoms with van der Waals surface area (Å²) < 4.78 is 22.8. The van der Waals surface area contributed by atoms with Gasteiger partial charge in [-0.3, -0.25) is 0 Å². The molecule has 0 amide bonds. The summed E-state index contributed by atoms with van der Waals surface area (Å²) in [5.41, 5.74) is 2.57. The molecule has 0 N–H and O–H groups in total. The van der Waals surface area contributed by atoms with E-state index in [0.29, 0.717) is 18.8 Å². The van der Waals surface area contributed by atoms with E-state index in [0.717, 1.165) is 53.5 Å². The Bertz CT molecular complexity index is 1390. The fourth-order valence-electron chi connectivity index (χ4n) is 4.93. The van der Waals surface area contributed by atoms with Crippen LogP contribution < -0.4 is 9.47 Å². The molecular weight excluding hydrogens is 660 g/mol. The van der Waals surface area contributed by atoms with Crippen LogP contribution in [0.4, 0.5) is 0 Å². The maximum Gasteiger partial charge on any atom is 0.347 e. The van der Waals surface area contributed by atoms with E-state index in [2.05, 4.69) is 29.8 Å². The predicted molar refractivity (Wildman–Crippen MR) is 189 cm³/mol. The third kappa shape index (κ3) is 13.5. The summed E-state index contributed by atoms with van der Waals surface area (Å²) in [6, 6.07) is 19.1. The molecule has 0 radical (unpaired) electrons. The molecule has 254 valence electrons. The van der Waals surface area contributed by atoms with Gasteiger partial charge in [0.25, 0.3) is 0 Å². The Morgan fingerprint density at radius 2 is 1.17 bits per heavy atom. The van der Waals surface area contributed by atoms with Crippen molar-refractivity contribution in [1.82, 2.24) is 0 Å². The van der Waals surface area contributed by atoms with Crippen molar-refractivity contribution in [3.8, 4) is 22.6 Å². The van der Waals surface area contributed by atoms with E-state index in [1.54, 1.807) is 12.1 Å². The Morgan fingerprint density at radius 3 is 1.81 bits per heavy atom. The number of halogens is 1. The van der Waals surface area contributed by atoms with E-state index in [-0.39, 0.29) is 11.3 Å². The lowest BCUT2D eigenvalue weighted by Crippen LogP contribution is -2.26. The van der Waals surface area contributed by atoms with Crippen molar-refractivity contribution in [2.75, 3.05) is 13.2 Å². The average molecular weight is 710 g/mol. The van der Waals surface area contributed by atoms with Gasteiger partial charge < -0.3 is 18.9 Å². The van der Waals surface area contributed by atoms with Crippen LogP contribution in [-0.2, 0) is 14.3 Å². The first-order chi connectivity index (χ1) is 22.8. The quantitative estimate of drug-likeness (QED) is 0.0618. The number of unbranched alkanes of at least 4 members (excludes halogenated alkanes) is 10. The molecule has 3 rings (SSSR count). The normalized spacial score (nSPS) is 11.5. The van der Waals surface area contributed by atoms with Gasteiger partial charge in [-0.05, 0) is 95.4 Å². The molecule has 0 aliphatic carbocycles. The summed E-state index contributed by atoms with van der Waals surface area (Å²) in [4.78, 5) is 37.4. The van der Waals surface area contributed by atoms with Crippen LogP contribution in [0.25, 0.3) is 11.1 Å². The van der Waals surface area contributed by atoms with Crippen LogP contribution in [0, 0.1) is 0 Å². The molecule has 47 heavy (non-hydrogen) atoms. The molecule has 7 nitrogen and oxygen atoms in total. The highest BCUT2D eigenvalue weighted by Gasteiger charge is 2.20. The number of carbonyl (C=O) groups excluding carboxylic acids is 3. The van der Waals surface area contributed by atoms with E-state index < -0.39 is 24.0 Å². The number of carbonyl (C=O) groups is 3. The highest BCUT2D eigenvalue weighted by Crippen LogP contribution is 2.31. The molecular formula is C39H49BrO7. The first kappa shape index (κ1) is 37.8. The fraction of sp³-hybridized carbons (Fsp3) is 0.462. The van der Waals surface area contributed by atoms with Gasteiger partial charge in [0.2, 0.25) is 0 Å². The second-order valence-corrected chi connectivity index (χ2v) is 12.6. The van der Waals surface area contributed by atoms with E-state index in [4.69, 9.17) is 18.9 Å². The molecule has 0 saturated carbocycles. The van der Waals surface area contributed by atoms with Gasteiger partial charge in [-0.2, -0.15) is 0 Å². The number of benzene rings is 3. The second-order valence-electron chi connectivity index (χ2n) is 11.7. The maximum atomic E-state index is 12.8. The first-order valence-electron chi connectivity index (χ1n) is 17.0. The summed E-state index contributed by atoms with van der Waals surface area (Å²) >= 11 is 3.64. The van der Waals surface area contributed by atoms with Crippen LogP contribution in [0.5, 0.6) is 11.5 Å². The van der Waals surface area contributed by atoms with E-state index in [1.807, 2.05) is 30.3 Å². The Balaban J connectivity index is 1.44. The van der Waals surface area contributed by atoms with Crippen molar-refractivity contribution in [2.24, 2.45) is 0 Å². The molecule has 0 heterocycles. The molecule has 0 saturated heterocycles. The van der Waals surface area contributed by atoms with Crippen molar-refractivity contribution in [1.29, 1.82) is 0 Å². The van der Waals surface area contributed by atoms with Crippen molar-refractivity contribution < 1.29 is 33.3 Å². The number of rotatable bonds is 21. The second kappa shape index (κ2) is 21.3. The Kier molecular flexibility index (Phi) is 17.1. The Morgan fingerprint density at radius 1 is 0.638 bits per heavy atom. The third-order valence-corrected chi connectivity index (χ3v) is 8.42. The Labute approximate surface area is 288 Å². The van der Waals surface area contributed by atoms with E-state index in [9.17, 15) is 14.4 Å². The highest BCUT2D eigenvalue weighted by molar-refractivity contribution is 9.10. The molecule has 1 atom stereocenters. The van der Waals surface area contributed by atoms with Gasteiger partial charge in [0.05, 0.1) is 28.8 Å². The molecule has 0 spiro atoms. The Hall–Kier alpha value is -3.65. The van der Waals surface area contributed by atoms with Crippen LogP contribution in [0.1, 0.15) is 119 Å². The van der Waals surface area contributed by atoms with Gasteiger partial charge in [0.1, 0.15) is 11.5 Å². The molecule has 0 aliphatic rings. The highest BCUT2D eigenvalue weighted by atomic mass is 79.9. The summed E-state index contributed by atoms with van der Waals surface area (Å²) in [5, 5.41) is 0. The van der Waals surface area contributed by atoms with Gasteiger partial charge in [0.15, 0.2) is 6.10 Å². The molecule has 3 aromatic rings. The van der Waals surface area contributed by atoms with Crippen molar-refractivity contribution in [2.45, 2.75) is 104 Å². The minimum Gasteiger partial charge on any atom is -0.492 e. The van der Waals surface area contributed by atoms with E-state index >= 15 is 0 Å². The van der Waals surface area contributed by atoms with Crippen LogP contribution >= 0.6 is 15.9 Å². The molecule has 3 aromatic carbocycles. The zero-order chi connectivity index (χ0) is 33.9. The molecule has 8 heteroatoms. The summed E-state index contributed by atoms with van der Waals surface area (Å²) in [6.45, 7) is 6.84. The zero-order valence-corrected chi connectivity index (χ0v) is 29.6. The monoisotopic (exact) mass is 708 g/mol. The minimum atomic E-state index is -1.02. The van der Waals surface area contributed by atoms with Gasteiger partial charge in [-0.15, -0.1) is 0 Å². The van der Waals surface area contributed by atoms with Crippen LogP contribution in [0.15, 0.2) is 71.2 Å². The third-order valence-electron chi connectivity index (χ3n) is 7.80. The SMILES string of the molecule is CCCCCCCCCCOc1ccc(-c2ccc(C(=O)Oc3ccc(C(=O)OC(C)C(=O)OCCCCCC)cc3)cc2)cc1Br. The lowest BCUT2D eigenvalue weighted by molar-refractivity contribution is -0.153. The topological polar surface area (TPSA) is 88.1 Å². The lowest BCUT2D eigenvalue weighted by Gasteiger charge is -2.13. The minimum absolute atomic E-state index is 0.229. The maximum absolute atomic E-state index is 12.8. The number of esters is 3. The summed E-state index contributed by atoms with van der Waals surface area (Å²) in [7, 11) is 0. The molecule has 1 unspecified atom stereocenters. The van der Waals surface area contributed by atoms with Crippen LogP contribution in [0.3, 0.4) is 0 Å². The first-order valence-corrected chi connectivity index (χ1v) is 17.8. The van der Waals surface area contributed by atoms with E-state index in [1.165, 1.54) is 76.1 Å². The fourth-order valence-corrected chi connectivity index (χ4v) is 5.43. The van der Waals surface area contributed by atoms with Gasteiger partial charge >= 0.3 is 17.9 Å². The molecule has 0 bridgehead atoms. The smallest absolute Gasteiger partial charge is 0.347 e. The van der Waals surface area contributed by atoms with Crippen molar-refractivity contribution >= 4 is 33.8 Å². The standard InChI is InChI=1S/C39H49BrO7/c1-4-6-8-10-11-12-13-15-26-44-36-25-22-33(28-35(36)40)30-16-18-31(19-17-30)39(43)47-34-23-20-32(21-24-34)38(42)46-29(3)37(41)45-27-14-9-7-5-2/h16-25,28-29H,4-15,26-27H2,1-3H3. The molecule has 0 aromatic heterocycles. The number of hydrogen-bond acceptors (Lipinski definition) is 7. The van der Waals surface area contributed by atoms with Crippen LogP contribution in [-0.4, -0.2) is 37.2 Å². The summed E-state index contributed by atoms with van der Waals surface area (Å²) in [6.07, 6.45) is 13.0. The molecule has 0 fully saturated rings. The van der Waals surface area contributed by atoms with Crippen molar-refractivity contribution in [3.05, 3.63) is 82.3 Å². The predicted octanol–water partition coefficient (Wildman–Crippen LogP) is 10.5. The van der Waals surface area contributed by atoms with Crippen molar-refractivity contribution in [3.63, 3.8) is 0 Å². The molecule has 0 aliphatic heterocycles. The lowest BCUT2D eigenvalue weighted by atomic mass is 10.0. The number of hydrogen-bond donors (Lipinski definition) is 0. The van der Waals surface area contributed by atoms with Crippen LogP contribution in [0.2, 0.25) is 0 Å². The zero-order valence-electron chi connectivity index (χ0n) is 28.1. The largest absolute Gasteiger partial charge is 0.492 e. The summed E-state index contributed by atoms with van der Waals surface area (Å²) in [5.74, 6) is -0.658. The van der Waals surface area contributed by atoms with Gasteiger partial charge in [-0.1, -0.05) is 96.3 Å². The average Bonchev–Trinajstić information content (AvgIpc) is 3.08. The van der Waals surface area contributed by atoms with Gasteiger partial charge in [0, 0.05) is 0 Å². The van der Waals surface area contributed by atoms with Gasteiger partial charge in [-0.25, -0.2) is 14.4 Å².